The fraction of sp³-hybridized carbons (Fsp3) is 0.286. The summed E-state index contributed by atoms with van der Waals surface area (Å²) in [7, 11) is -3.59. The number of halogens is 3. The lowest BCUT2D eigenvalue weighted by Gasteiger charge is -2.11. The second-order valence-corrected chi connectivity index (χ2v) is 8.76. The van der Waals surface area contributed by atoms with E-state index < -0.39 is 27.3 Å². The van der Waals surface area contributed by atoms with E-state index in [2.05, 4.69) is 9.71 Å². The fourth-order valence-corrected chi connectivity index (χ4v) is 4.21. The number of nitrogens with one attached hydrogen (secondary N) is 2. The van der Waals surface area contributed by atoms with Crippen molar-refractivity contribution in [2.24, 2.45) is 0 Å². The summed E-state index contributed by atoms with van der Waals surface area (Å²) < 4.78 is 66.9. The summed E-state index contributed by atoms with van der Waals surface area (Å²) in [5, 5.41) is -0.0843. The maximum Gasteiger partial charge on any atom is 0.417 e. The van der Waals surface area contributed by atoms with Crippen LogP contribution in [0.15, 0.2) is 58.2 Å². The third kappa shape index (κ3) is 5.09. The van der Waals surface area contributed by atoms with Crippen molar-refractivity contribution in [1.29, 1.82) is 0 Å². The third-order valence-corrected chi connectivity index (χ3v) is 6.15. The summed E-state index contributed by atoms with van der Waals surface area (Å²) in [5.74, 6) is 0. The van der Waals surface area contributed by atoms with E-state index in [0.717, 1.165) is 18.4 Å². The first-order valence-electron chi connectivity index (χ1n) is 9.42. The second kappa shape index (κ2) is 8.61. The highest BCUT2D eigenvalue weighted by Gasteiger charge is 2.33. The molecule has 0 unspecified atom stereocenters. The second-order valence-electron chi connectivity index (χ2n) is 7.00. The van der Waals surface area contributed by atoms with Gasteiger partial charge in [-0.05, 0) is 48.2 Å². The first-order chi connectivity index (χ1) is 14.1. The molecule has 160 valence electrons. The minimum atomic E-state index is -4.65. The van der Waals surface area contributed by atoms with Crippen molar-refractivity contribution >= 4 is 20.9 Å². The predicted octanol–water partition coefficient (Wildman–Crippen LogP) is 4.22. The molecule has 0 amide bonds. The maximum atomic E-state index is 13.3. The van der Waals surface area contributed by atoms with Crippen LogP contribution in [-0.4, -0.2) is 19.9 Å². The Kier molecular flexibility index (Phi) is 6.33. The van der Waals surface area contributed by atoms with Gasteiger partial charge in [-0.1, -0.05) is 31.5 Å². The molecule has 30 heavy (non-hydrogen) atoms. The lowest BCUT2D eigenvalue weighted by atomic mass is 10.0. The monoisotopic (exact) mass is 438 g/mol. The first-order valence-corrected chi connectivity index (χ1v) is 10.9. The van der Waals surface area contributed by atoms with Crippen LogP contribution in [0.3, 0.4) is 0 Å². The molecule has 0 aliphatic rings. The van der Waals surface area contributed by atoms with Gasteiger partial charge < -0.3 is 4.98 Å². The summed E-state index contributed by atoms with van der Waals surface area (Å²) in [6, 6.07) is 11.2. The molecule has 0 aliphatic carbocycles. The van der Waals surface area contributed by atoms with Gasteiger partial charge in [-0.3, -0.25) is 4.79 Å². The van der Waals surface area contributed by atoms with Gasteiger partial charge in [0.1, 0.15) is 0 Å². The van der Waals surface area contributed by atoms with Crippen molar-refractivity contribution in [3.63, 3.8) is 0 Å². The molecule has 9 heteroatoms. The molecular formula is C21H21F3N2O3S. The van der Waals surface area contributed by atoms with Crippen LogP contribution in [-0.2, 0) is 22.6 Å². The summed E-state index contributed by atoms with van der Waals surface area (Å²) >= 11 is 0. The molecule has 3 aromatic rings. The normalized spacial score (nSPS) is 12.4. The maximum absolute atomic E-state index is 13.3. The average Bonchev–Trinajstić information content (AvgIpc) is 2.67. The molecule has 0 fully saturated rings. The van der Waals surface area contributed by atoms with Gasteiger partial charge in [0.25, 0.3) is 0 Å². The van der Waals surface area contributed by atoms with Crippen LogP contribution in [0.2, 0.25) is 0 Å². The van der Waals surface area contributed by atoms with Crippen LogP contribution < -0.4 is 10.3 Å². The summed E-state index contributed by atoms with van der Waals surface area (Å²) in [6.45, 7) is 2.33. The molecule has 1 aromatic heterocycles. The molecule has 0 saturated heterocycles. The minimum absolute atomic E-state index is 0.0843. The number of unbranched alkanes of at least 4 members (excludes halogenated alkanes) is 1. The number of hydrogen-bond acceptors (Lipinski definition) is 3. The van der Waals surface area contributed by atoms with Crippen LogP contribution in [0.1, 0.15) is 36.5 Å². The van der Waals surface area contributed by atoms with Gasteiger partial charge in [-0.15, -0.1) is 0 Å². The number of aromatic amines is 1. The summed E-state index contributed by atoms with van der Waals surface area (Å²) in [5.41, 5.74) is -0.329. The molecule has 2 N–H and O–H groups in total. The molecule has 0 spiro atoms. The Morgan fingerprint density at radius 3 is 2.30 bits per heavy atom. The van der Waals surface area contributed by atoms with E-state index in [4.69, 9.17) is 0 Å². The van der Waals surface area contributed by atoms with Gasteiger partial charge in [0.2, 0.25) is 15.6 Å². The number of pyridine rings is 1. The van der Waals surface area contributed by atoms with E-state index >= 15 is 0 Å². The molecule has 0 atom stereocenters. The Morgan fingerprint density at radius 2 is 1.67 bits per heavy atom. The fourth-order valence-electron chi connectivity index (χ4n) is 3.13. The quantitative estimate of drug-likeness (QED) is 0.542. The molecule has 5 nitrogen and oxygen atoms in total. The van der Waals surface area contributed by atoms with Crippen LogP contribution in [0, 0.1) is 0 Å². The standard InChI is InChI=1S/C21H21F3N2O3S/c1-2-3-10-25-30(28,29)16-7-4-14(5-8-16)11-15-6-9-19-17(12-15)18(21(22,23)24)13-20(27)26-19/h4-9,12-13,25H,2-3,10-11H2,1H3,(H,26,27). The van der Waals surface area contributed by atoms with Gasteiger partial charge >= 0.3 is 6.18 Å². The van der Waals surface area contributed by atoms with Gasteiger partial charge in [-0.2, -0.15) is 13.2 Å². The van der Waals surface area contributed by atoms with Gasteiger partial charge in [-0.25, -0.2) is 13.1 Å². The Hall–Kier alpha value is -2.65. The number of benzene rings is 2. The zero-order valence-electron chi connectivity index (χ0n) is 16.2. The molecule has 0 radical (unpaired) electrons. The van der Waals surface area contributed by atoms with Gasteiger partial charge in [0.05, 0.1) is 10.5 Å². The molecular weight excluding hydrogens is 417 g/mol. The number of rotatable bonds is 7. The van der Waals surface area contributed by atoms with Crippen molar-refractivity contribution in [3.05, 3.63) is 75.6 Å². The number of fused-ring (bicyclic) bond motifs is 1. The SMILES string of the molecule is CCCCNS(=O)(=O)c1ccc(Cc2ccc3[nH]c(=O)cc(C(F)(F)F)c3c2)cc1. The number of H-pyrrole nitrogens is 1. The Bertz CT molecular complexity index is 1200. The summed E-state index contributed by atoms with van der Waals surface area (Å²) in [6.07, 6.45) is -2.72. The largest absolute Gasteiger partial charge is 0.417 e. The van der Waals surface area contributed by atoms with Gasteiger partial charge in [0.15, 0.2) is 0 Å². The minimum Gasteiger partial charge on any atom is -0.322 e. The van der Waals surface area contributed by atoms with Gasteiger partial charge in [0, 0.05) is 23.5 Å². The topological polar surface area (TPSA) is 79.0 Å². The zero-order valence-corrected chi connectivity index (χ0v) is 17.0. The van der Waals surface area contributed by atoms with Crippen LogP contribution in [0.5, 0.6) is 0 Å². The van der Waals surface area contributed by atoms with Crippen molar-refractivity contribution in [3.8, 4) is 0 Å². The van der Waals surface area contributed by atoms with Crippen molar-refractivity contribution in [1.82, 2.24) is 9.71 Å². The molecule has 3 rings (SSSR count). The Labute approximate surface area is 172 Å². The van der Waals surface area contributed by atoms with Crippen molar-refractivity contribution in [2.45, 2.75) is 37.3 Å². The van der Waals surface area contributed by atoms with Crippen LogP contribution in [0.4, 0.5) is 13.2 Å². The number of sulfonamides is 1. The van der Waals surface area contributed by atoms with Crippen LogP contribution >= 0.6 is 0 Å². The van der Waals surface area contributed by atoms with E-state index in [-0.39, 0.29) is 15.8 Å². The zero-order chi connectivity index (χ0) is 21.9. The smallest absolute Gasteiger partial charge is 0.322 e. The summed E-state index contributed by atoms with van der Waals surface area (Å²) in [4.78, 5) is 14.1. The lowest BCUT2D eigenvalue weighted by Crippen LogP contribution is -2.24. The molecule has 0 aliphatic heterocycles. The molecule has 1 heterocycles. The molecule has 0 bridgehead atoms. The van der Waals surface area contributed by atoms with Crippen molar-refractivity contribution in [2.75, 3.05) is 6.54 Å². The number of aromatic nitrogens is 1. The van der Waals surface area contributed by atoms with Crippen LogP contribution in [0.25, 0.3) is 10.9 Å². The Morgan fingerprint density at radius 1 is 1.00 bits per heavy atom. The predicted molar refractivity (Wildman–Crippen MR) is 109 cm³/mol. The number of alkyl halides is 3. The first kappa shape index (κ1) is 22.0. The molecule has 2 aromatic carbocycles. The highest BCUT2D eigenvalue weighted by molar-refractivity contribution is 7.89. The number of hydrogen-bond donors (Lipinski definition) is 2. The highest BCUT2D eigenvalue weighted by atomic mass is 32.2. The average molecular weight is 438 g/mol. The van der Waals surface area contributed by atoms with E-state index in [1.807, 2.05) is 6.92 Å². The Balaban J connectivity index is 1.86. The third-order valence-electron chi connectivity index (χ3n) is 4.68. The van der Waals surface area contributed by atoms with E-state index in [1.165, 1.54) is 24.3 Å². The van der Waals surface area contributed by atoms with E-state index in [1.54, 1.807) is 18.2 Å². The van der Waals surface area contributed by atoms with Crippen molar-refractivity contribution < 1.29 is 21.6 Å². The molecule has 0 saturated carbocycles. The van der Waals surface area contributed by atoms with E-state index in [0.29, 0.717) is 24.6 Å². The highest BCUT2D eigenvalue weighted by Crippen LogP contribution is 2.33. The lowest BCUT2D eigenvalue weighted by molar-refractivity contribution is -0.136. The van der Waals surface area contributed by atoms with E-state index in [9.17, 15) is 26.4 Å².